The fraction of sp³-hybridized carbons (Fsp3) is 0.947. The van der Waals surface area contributed by atoms with Crippen molar-refractivity contribution in [1.82, 2.24) is 0 Å². The standard InChI is InChI=1S/C19H39/c1-5-8-10-11-12-13-14-15-18(4)17-19(7-3)16-9-6-2/h19H,5-17H2,1-4H3. The molecule has 0 fully saturated rings. The molecule has 0 aromatic rings. The first-order chi connectivity index (χ1) is 9.24. The van der Waals surface area contributed by atoms with Crippen LogP contribution >= 0.6 is 0 Å². The van der Waals surface area contributed by atoms with Crippen molar-refractivity contribution < 1.29 is 0 Å². The first kappa shape index (κ1) is 19.0. The topological polar surface area (TPSA) is 0 Å². The molecule has 0 aliphatic heterocycles. The highest BCUT2D eigenvalue weighted by molar-refractivity contribution is 4.86. The van der Waals surface area contributed by atoms with Gasteiger partial charge in [-0.2, -0.15) is 0 Å². The Kier molecular flexibility index (Phi) is 14.4. The summed E-state index contributed by atoms with van der Waals surface area (Å²) in [6, 6.07) is 0. The summed E-state index contributed by atoms with van der Waals surface area (Å²) in [6.45, 7) is 9.36. The van der Waals surface area contributed by atoms with E-state index in [0.717, 1.165) is 5.92 Å². The molecule has 0 aliphatic carbocycles. The Bertz CT molecular complexity index is 161. The van der Waals surface area contributed by atoms with Crippen molar-refractivity contribution in [2.75, 3.05) is 0 Å². The molecular weight excluding hydrogens is 228 g/mol. The van der Waals surface area contributed by atoms with Crippen LogP contribution in [0.1, 0.15) is 111 Å². The van der Waals surface area contributed by atoms with Gasteiger partial charge in [-0.1, -0.05) is 98.3 Å². The van der Waals surface area contributed by atoms with Crippen LogP contribution in [0.3, 0.4) is 0 Å². The third-order valence-corrected chi connectivity index (χ3v) is 4.39. The summed E-state index contributed by atoms with van der Waals surface area (Å²) < 4.78 is 0. The average molecular weight is 268 g/mol. The molecule has 0 spiro atoms. The molecule has 0 bridgehead atoms. The number of rotatable bonds is 14. The SMILES string of the molecule is CCCCCCCCC[C](C)CC(CC)CCCC. The summed E-state index contributed by atoms with van der Waals surface area (Å²) in [6.07, 6.45) is 18.4. The van der Waals surface area contributed by atoms with E-state index < -0.39 is 0 Å². The van der Waals surface area contributed by atoms with Crippen molar-refractivity contribution in [3.8, 4) is 0 Å². The fourth-order valence-electron chi connectivity index (χ4n) is 2.92. The Morgan fingerprint density at radius 1 is 0.737 bits per heavy atom. The van der Waals surface area contributed by atoms with Crippen molar-refractivity contribution in [3.63, 3.8) is 0 Å². The van der Waals surface area contributed by atoms with E-state index in [1.54, 1.807) is 5.92 Å². The molecule has 1 radical (unpaired) electrons. The molecule has 0 saturated heterocycles. The van der Waals surface area contributed by atoms with Crippen LogP contribution in [-0.2, 0) is 0 Å². The zero-order valence-corrected chi connectivity index (χ0v) is 14.3. The highest BCUT2D eigenvalue weighted by atomic mass is 14.2. The molecule has 0 saturated carbocycles. The van der Waals surface area contributed by atoms with Crippen molar-refractivity contribution in [3.05, 3.63) is 5.92 Å². The van der Waals surface area contributed by atoms with E-state index in [9.17, 15) is 0 Å². The van der Waals surface area contributed by atoms with E-state index in [1.807, 2.05) is 0 Å². The lowest BCUT2D eigenvalue weighted by Crippen LogP contribution is -2.04. The largest absolute Gasteiger partial charge is 0.0654 e. The minimum absolute atomic E-state index is 0.963. The van der Waals surface area contributed by atoms with E-state index >= 15 is 0 Å². The highest BCUT2D eigenvalue weighted by Gasteiger charge is 2.11. The van der Waals surface area contributed by atoms with E-state index in [1.165, 1.54) is 83.5 Å². The zero-order chi connectivity index (χ0) is 14.3. The quantitative estimate of drug-likeness (QED) is 0.289. The summed E-state index contributed by atoms with van der Waals surface area (Å²) in [5.74, 6) is 2.72. The normalized spacial score (nSPS) is 13.1. The molecule has 0 heterocycles. The Labute approximate surface area is 123 Å². The van der Waals surface area contributed by atoms with Crippen LogP contribution in [0.15, 0.2) is 0 Å². The van der Waals surface area contributed by atoms with Crippen LogP contribution < -0.4 is 0 Å². The van der Waals surface area contributed by atoms with Gasteiger partial charge in [-0.05, 0) is 24.7 Å². The Balaban J connectivity index is 3.43. The van der Waals surface area contributed by atoms with Gasteiger partial charge in [0, 0.05) is 0 Å². The van der Waals surface area contributed by atoms with Gasteiger partial charge in [0.25, 0.3) is 0 Å². The van der Waals surface area contributed by atoms with Crippen LogP contribution in [0, 0.1) is 11.8 Å². The molecule has 19 heavy (non-hydrogen) atoms. The van der Waals surface area contributed by atoms with E-state index in [-0.39, 0.29) is 0 Å². The number of hydrogen-bond donors (Lipinski definition) is 0. The summed E-state index contributed by atoms with van der Waals surface area (Å²) in [4.78, 5) is 0. The maximum atomic E-state index is 2.39. The van der Waals surface area contributed by atoms with Crippen molar-refractivity contribution >= 4 is 0 Å². The van der Waals surface area contributed by atoms with Gasteiger partial charge in [-0.3, -0.25) is 0 Å². The molecule has 0 aliphatic rings. The van der Waals surface area contributed by atoms with Gasteiger partial charge in [0.15, 0.2) is 0 Å². The van der Waals surface area contributed by atoms with Gasteiger partial charge in [-0.15, -0.1) is 0 Å². The predicted molar refractivity (Wildman–Crippen MR) is 89.5 cm³/mol. The van der Waals surface area contributed by atoms with Gasteiger partial charge < -0.3 is 0 Å². The average Bonchev–Trinajstić information content (AvgIpc) is 2.42. The molecule has 0 rings (SSSR count). The molecule has 0 nitrogen and oxygen atoms in total. The second kappa shape index (κ2) is 14.4. The third kappa shape index (κ3) is 12.8. The minimum Gasteiger partial charge on any atom is -0.0654 e. The summed E-state index contributed by atoms with van der Waals surface area (Å²) in [5, 5.41) is 0. The maximum Gasteiger partial charge on any atom is -0.0269 e. The molecule has 0 heteroatoms. The Hall–Kier alpha value is 0. The number of unbranched alkanes of at least 4 members (excludes halogenated alkanes) is 7. The molecule has 115 valence electrons. The maximum absolute atomic E-state index is 2.39. The predicted octanol–water partition coefficient (Wildman–Crippen LogP) is 7.33. The second-order valence-corrected chi connectivity index (χ2v) is 6.45. The molecule has 1 atom stereocenters. The van der Waals surface area contributed by atoms with Gasteiger partial charge in [0.05, 0.1) is 0 Å². The third-order valence-electron chi connectivity index (χ3n) is 4.39. The van der Waals surface area contributed by atoms with E-state index in [0.29, 0.717) is 0 Å². The van der Waals surface area contributed by atoms with Crippen LogP contribution in [0.2, 0.25) is 0 Å². The first-order valence-electron chi connectivity index (χ1n) is 9.05. The molecule has 1 unspecified atom stereocenters. The second-order valence-electron chi connectivity index (χ2n) is 6.45. The smallest absolute Gasteiger partial charge is 0.0269 e. The fourth-order valence-corrected chi connectivity index (χ4v) is 2.92. The van der Waals surface area contributed by atoms with Crippen molar-refractivity contribution in [1.29, 1.82) is 0 Å². The van der Waals surface area contributed by atoms with Crippen LogP contribution in [-0.4, -0.2) is 0 Å². The first-order valence-corrected chi connectivity index (χ1v) is 9.05. The van der Waals surface area contributed by atoms with Gasteiger partial charge in [-0.25, -0.2) is 0 Å². The summed E-state index contributed by atoms with van der Waals surface area (Å²) >= 11 is 0. The van der Waals surface area contributed by atoms with Crippen LogP contribution in [0.5, 0.6) is 0 Å². The zero-order valence-electron chi connectivity index (χ0n) is 14.3. The molecular formula is C19H39. The Morgan fingerprint density at radius 2 is 1.32 bits per heavy atom. The van der Waals surface area contributed by atoms with Gasteiger partial charge >= 0.3 is 0 Å². The van der Waals surface area contributed by atoms with Crippen molar-refractivity contribution in [2.24, 2.45) is 5.92 Å². The summed E-state index contributed by atoms with van der Waals surface area (Å²) in [5.41, 5.74) is 0. The summed E-state index contributed by atoms with van der Waals surface area (Å²) in [7, 11) is 0. The lowest BCUT2D eigenvalue weighted by molar-refractivity contribution is 0.417. The molecule has 0 amide bonds. The molecule has 0 aromatic carbocycles. The van der Waals surface area contributed by atoms with Crippen molar-refractivity contribution in [2.45, 2.75) is 111 Å². The lowest BCUT2D eigenvalue weighted by atomic mass is 9.87. The lowest BCUT2D eigenvalue weighted by Gasteiger charge is -2.19. The monoisotopic (exact) mass is 267 g/mol. The molecule has 0 aromatic heterocycles. The number of hydrogen-bond acceptors (Lipinski definition) is 0. The molecule has 0 N–H and O–H groups in total. The van der Waals surface area contributed by atoms with E-state index in [2.05, 4.69) is 27.7 Å². The van der Waals surface area contributed by atoms with E-state index in [4.69, 9.17) is 0 Å². The van der Waals surface area contributed by atoms with Gasteiger partial charge in [0.1, 0.15) is 0 Å². The Morgan fingerprint density at radius 3 is 1.89 bits per heavy atom. The minimum atomic E-state index is 0.963. The van der Waals surface area contributed by atoms with Gasteiger partial charge in [0.2, 0.25) is 0 Å². The van der Waals surface area contributed by atoms with Crippen LogP contribution in [0.25, 0.3) is 0 Å². The highest BCUT2D eigenvalue weighted by Crippen LogP contribution is 2.26. The van der Waals surface area contributed by atoms with Crippen LogP contribution in [0.4, 0.5) is 0 Å².